The van der Waals surface area contributed by atoms with Crippen LogP contribution in [-0.2, 0) is 4.79 Å². The monoisotopic (exact) mass is 357 g/mol. The SMILES string of the molecule is Cc1cc(Br)cc(C)c1-n1c(SCC(=O)O)n[nH]c1=O. The molecule has 0 radical (unpaired) electrons. The summed E-state index contributed by atoms with van der Waals surface area (Å²) in [5.74, 6) is -1.11. The Morgan fingerprint density at radius 3 is 2.60 bits per heavy atom. The van der Waals surface area contributed by atoms with Crippen LogP contribution in [-0.4, -0.2) is 31.6 Å². The highest BCUT2D eigenvalue weighted by Gasteiger charge is 2.16. The molecule has 0 aliphatic rings. The first-order valence-electron chi connectivity index (χ1n) is 5.69. The van der Waals surface area contributed by atoms with E-state index in [9.17, 15) is 9.59 Å². The molecular weight excluding hydrogens is 346 g/mol. The fraction of sp³-hybridized carbons (Fsp3) is 0.250. The third kappa shape index (κ3) is 2.96. The van der Waals surface area contributed by atoms with E-state index in [4.69, 9.17) is 5.11 Å². The van der Waals surface area contributed by atoms with Crippen LogP contribution in [0.15, 0.2) is 26.6 Å². The summed E-state index contributed by atoms with van der Waals surface area (Å²) in [5, 5.41) is 15.3. The van der Waals surface area contributed by atoms with Gasteiger partial charge in [-0.05, 0) is 37.1 Å². The van der Waals surface area contributed by atoms with Crippen LogP contribution in [0, 0.1) is 13.8 Å². The maximum absolute atomic E-state index is 11.9. The highest BCUT2D eigenvalue weighted by molar-refractivity contribution is 9.10. The Morgan fingerprint density at radius 1 is 1.45 bits per heavy atom. The van der Waals surface area contributed by atoms with Crippen molar-refractivity contribution in [1.82, 2.24) is 14.8 Å². The largest absolute Gasteiger partial charge is 0.481 e. The highest BCUT2D eigenvalue weighted by Crippen LogP contribution is 2.26. The minimum atomic E-state index is -0.957. The maximum atomic E-state index is 11.9. The number of carboxylic acid groups (broad SMARTS) is 1. The number of aromatic nitrogens is 3. The molecule has 1 aromatic heterocycles. The molecule has 2 aromatic rings. The van der Waals surface area contributed by atoms with Crippen LogP contribution < -0.4 is 5.69 Å². The molecule has 0 fully saturated rings. The minimum Gasteiger partial charge on any atom is -0.481 e. The lowest BCUT2D eigenvalue weighted by molar-refractivity contribution is -0.133. The van der Waals surface area contributed by atoms with Gasteiger partial charge in [0.15, 0.2) is 5.16 Å². The van der Waals surface area contributed by atoms with Gasteiger partial charge < -0.3 is 5.11 Å². The van der Waals surface area contributed by atoms with Crippen molar-refractivity contribution in [3.63, 3.8) is 0 Å². The molecule has 2 rings (SSSR count). The molecule has 0 unspecified atom stereocenters. The van der Waals surface area contributed by atoms with Crippen LogP contribution in [0.5, 0.6) is 0 Å². The summed E-state index contributed by atoms with van der Waals surface area (Å²) in [5.41, 5.74) is 2.14. The fourth-order valence-electron chi connectivity index (χ4n) is 1.96. The van der Waals surface area contributed by atoms with Gasteiger partial charge in [0.2, 0.25) is 0 Å². The van der Waals surface area contributed by atoms with E-state index in [1.165, 1.54) is 4.57 Å². The third-order valence-electron chi connectivity index (χ3n) is 2.65. The molecule has 1 aromatic carbocycles. The molecule has 2 N–H and O–H groups in total. The smallest absolute Gasteiger partial charge is 0.348 e. The summed E-state index contributed by atoms with van der Waals surface area (Å²) >= 11 is 4.41. The van der Waals surface area contributed by atoms with Crippen LogP contribution in [0.25, 0.3) is 5.69 Å². The molecule has 0 atom stereocenters. The number of thioether (sulfide) groups is 1. The van der Waals surface area contributed by atoms with E-state index in [-0.39, 0.29) is 11.4 Å². The van der Waals surface area contributed by atoms with E-state index in [2.05, 4.69) is 26.1 Å². The number of aryl methyl sites for hydroxylation is 2. The van der Waals surface area contributed by atoms with E-state index in [0.717, 1.165) is 33.0 Å². The van der Waals surface area contributed by atoms with Gasteiger partial charge in [0, 0.05) is 4.47 Å². The second-order valence-corrected chi connectivity index (χ2v) is 6.08. The molecule has 6 nitrogen and oxygen atoms in total. The summed E-state index contributed by atoms with van der Waals surface area (Å²) < 4.78 is 2.33. The van der Waals surface area contributed by atoms with Gasteiger partial charge in [0.25, 0.3) is 0 Å². The van der Waals surface area contributed by atoms with Crippen molar-refractivity contribution in [2.24, 2.45) is 0 Å². The quantitative estimate of drug-likeness (QED) is 0.818. The predicted molar refractivity (Wildman–Crippen MR) is 79.7 cm³/mol. The molecular formula is C12H12BrN3O3S. The van der Waals surface area contributed by atoms with Gasteiger partial charge in [-0.15, -0.1) is 5.10 Å². The normalized spacial score (nSPS) is 10.8. The molecule has 0 saturated heterocycles. The Hall–Kier alpha value is -1.54. The number of nitrogens with one attached hydrogen (secondary N) is 1. The number of aromatic amines is 1. The fourth-order valence-corrected chi connectivity index (χ4v) is 3.31. The molecule has 0 aliphatic heterocycles. The number of hydrogen-bond acceptors (Lipinski definition) is 4. The molecule has 0 aliphatic carbocycles. The lowest BCUT2D eigenvalue weighted by atomic mass is 10.1. The van der Waals surface area contributed by atoms with Gasteiger partial charge in [-0.25, -0.2) is 14.5 Å². The van der Waals surface area contributed by atoms with Crippen LogP contribution in [0.3, 0.4) is 0 Å². The Bertz CT molecular complexity index is 700. The van der Waals surface area contributed by atoms with E-state index >= 15 is 0 Å². The van der Waals surface area contributed by atoms with E-state index in [1.807, 2.05) is 26.0 Å². The van der Waals surface area contributed by atoms with Crippen LogP contribution in [0.1, 0.15) is 11.1 Å². The van der Waals surface area contributed by atoms with Gasteiger partial charge >= 0.3 is 11.7 Å². The van der Waals surface area contributed by atoms with Crippen LogP contribution in [0.4, 0.5) is 0 Å². The Morgan fingerprint density at radius 2 is 2.05 bits per heavy atom. The minimum absolute atomic E-state index is 0.154. The number of hydrogen-bond donors (Lipinski definition) is 2. The molecule has 0 spiro atoms. The summed E-state index contributed by atoms with van der Waals surface area (Å²) in [6.07, 6.45) is 0. The van der Waals surface area contributed by atoms with E-state index in [1.54, 1.807) is 0 Å². The van der Waals surface area contributed by atoms with Crippen molar-refractivity contribution in [1.29, 1.82) is 0 Å². The number of carboxylic acids is 1. The van der Waals surface area contributed by atoms with E-state index < -0.39 is 5.97 Å². The number of H-pyrrole nitrogens is 1. The van der Waals surface area contributed by atoms with Crippen molar-refractivity contribution >= 4 is 33.7 Å². The predicted octanol–water partition coefficient (Wildman–Crippen LogP) is 2.12. The first kappa shape index (κ1) is 14.9. The van der Waals surface area contributed by atoms with Crippen molar-refractivity contribution in [2.45, 2.75) is 19.0 Å². The first-order valence-corrected chi connectivity index (χ1v) is 7.47. The number of nitrogens with zero attached hydrogens (tertiary/aromatic N) is 2. The lowest BCUT2D eigenvalue weighted by Gasteiger charge is -2.12. The Balaban J connectivity index is 2.56. The number of rotatable bonds is 4. The zero-order valence-electron chi connectivity index (χ0n) is 10.8. The van der Waals surface area contributed by atoms with Gasteiger partial charge in [0.1, 0.15) is 0 Å². The lowest BCUT2D eigenvalue weighted by Crippen LogP contribution is -2.18. The second kappa shape index (κ2) is 5.84. The molecule has 20 heavy (non-hydrogen) atoms. The van der Waals surface area contributed by atoms with Crippen LogP contribution >= 0.6 is 27.7 Å². The zero-order valence-corrected chi connectivity index (χ0v) is 13.2. The number of halogens is 1. The highest BCUT2D eigenvalue weighted by atomic mass is 79.9. The Kier molecular flexibility index (Phi) is 4.34. The average molecular weight is 358 g/mol. The first-order chi connectivity index (χ1) is 9.40. The standard InChI is InChI=1S/C12H12BrN3O3S/c1-6-3-8(13)4-7(2)10(6)16-11(19)14-15-12(16)20-5-9(17)18/h3-4H,5H2,1-2H3,(H,14,19)(H,17,18). The summed E-state index contributed by atoms with van der Waals surface area (Å²) in [6.45, 7) is 3.77. The Labute approximate surface area is 127 Å². The van der Waals surface area contributed by atoms with Gasteiger partial charge in [0.05, 0.1) is 11.4 Å². The van der Waals surface area contributed by atoms with Crippen molar-refractivity contribution in [3.05, 3.63) is 38.2 Å². The van der Waals surface area contributed by atoms with Crippen LogP contribution in [0.2, 0.25) is 0 Å². The topological polar surface area (TPSA) is 88.0 Å². The van der Waals surface area contributed by atoms with Crippen molar-refractivity contribution in [3.8, 4) is 5.69 Å². The molecule has 0 saturated carbocycles. The maximum Gasteiger partial charge on any atom is 0.348 e. The summed E-state index contributed by atoms with van der Waals surface area (Å²) in [6, 6.07) is 3.79. The van der Waals surface area contributed by atoms with Crippen molar-refractivity contribution < 1.29 is 9.90 Å². The molecule has 0 amide bonds. The van der Waals surface area contributed by atoms with Crippen molar-refractivity contribution in [2.75, 3.05) is 5.75 Å². The van der Waals surface area contributed by atoms with E-state index in [0.29, 0.717) is 5.16 Å². The molecule has 1 heterocycles. The number of benzene rings is 1. The average Bonchev–Trinajstić information content (AvgIpc) is 2.67. The number of carbonyl (C=O) groups is 1. The molecule has 8 heteroatoms. The third-order valence-corrected chi connectivity index (χ3v) is 4.03. The van der Waals surface area contributed by atoms with Gasteiger partial charge in [-0.1, -0.05) is 27.7 Å². The second-order valence-electron chi connectivity index (χ2n) is 4.22. The van der Waals surface area contributed by atoms with Gasteiger partial charge in [-0.2, -0.15) is 0 Å². The summed E-state index contributed by atoms with van der Waals surface area (Å²) in [7, 11) is 0. The number of aliphatic carboxylic acids is 1. The molecule has 106 valence electrons. The van der Waals surface area contributed by atoms with Gasteiger partial charge in [-0.3, -0.25) is 4.79 Å². The zero-order chi connectivity index (χ0) is 14.9. The summed E-state index contributed by atoms with van der Waals surface area (Å²) in [4.78, 5) is 22.6. The molecule has 0 bridgehead atoms.